The Labute approximate surface area is 94.6 Å². The van der Waals surface area contributed by atoms with Gasteiger partial charge in [-0.2, -0.15) is 0 Å². The predicted molar refractivity (Wildman–Crippen MR) is 65.2 cm³/mol. The molecule has 1 saturated heterocycles. The molecule has 0 bridgehead atoms. The fourth-order valence-electron chi connectivity index (χ4n) is 3.07. The second kappa shape index (κ2) is 5.31. The molecule has 2 nitrogen and oxygen atoms in total. The first kappa shape index (κ1) is 11.4. The van der Waals surface area contributed by atoms with Gasteiger partial charge in [0.05, 0.1) is 0 Å². The Kier molecular flexibility index (Phi) is 4.04. The minimum atomic E-state index is 0.788. The molecule has 1 saturated carbocycles. The van der Waals surface area contributed by atoms with Crippen LogP contribution in [0.15, 0.2) is 0 Å². The molecular weight excluding hydrogens is 184 g/mol. The van der Waals surface area contributed by atoms with Crippen molar-refractivity contribution in [3.63, 3.8) is 0 Å². The molecule has 2 rings (SSSR count). The van der Waals surface area contributed by atoms with E-state index in [9.17, 15) is 0 Å². The Morgan fingerprint density at radius 3 is 2.20 bits per heavy atom. The van der Waals surface area contributed by atoms with Crippen molar-refractivity contribution in [2.24, 2.45) is 0 Å². The van der Waals surface area contributed by atoms with E-state index >= 15 is 0 Å². The number of piperazine rings is 1. The van der Waals surface area contributed by atoms with Crippen LogP contribution in [0.1, 0.15) is 46.0 Å². The molecule has 0 radical (unpaired) electrons. The van der Waals surface area contributed by atoms with Crippen LogP contribution in [-0.2, 0) is 0 Å². The quantitative estimate of drug-likeness (QED) is 0.705. The van der Waals surface area contributed by atoms with Crippen LogP contribution in [0, 0.1) is 0 Å². The van der Waals surface area contributed by atoms with Crippen LogP contribution in [0.25, 0.3) is 0 Å². The van der Waals surface area contributed by atoms with Gasteiger partial charge in [0.2, 0.25) is 0 Å². The SMILES string of the molecule is CCC(C)N1CCN(C2CCCC2)CC1. The number of nitrogens with zero attached hydrogens (tertiary/aromatic N) is 2. The maximum Gasteiger partial charge on any atom is 0.0113 e. The Bertz CT molecular complexity index is 179. The monoisotopic (exact) mass is 210 g/mol. The van der Waals surface area contributed by atoms with Crippen LogP contribution < -0.4 is 0 Å². The molecule has 2 fully saturated rings. The van der Waals surface area contributed by atoms with E-state index in [-0.39, 0.29) is 0 Å². The summed E-state index contributed by atoms with van der Waals surface area (Å²) in [6, 6.07) is 1.72. The second-order valence-electron chi connectivity index (χ2n) is 5.27. The molecule has 1 atom stereocenters. The maximum absolute atomic E-state index is 2.74. The standard InChI is InChI=1S/C13H26N2/c1-3-12(2)14-8-10-15(11-9-14)13-6-4-5-7-13/h12-13H,3-11H2,1-2H3. The Morgan fingerprint density at radius 2 is 1.67 bits per heavy atom. The van der Waals surface area contributed by atoms with E-state index < -0.39 is 0 Å². The van der Waals surface area contributed by atoms with E-state index in [0.717, 1.165) is 12.1 Å². The lowest BCUT2D eigenvalue weighted by atomic mass is 10.1. The van der Waals surface area contributed by atoms with Crippen LogP contribution in [0.4, 0.5) is 0 Å². The summed E-state index contributed by atoms with van der Waals surface area (Å²) in [5.74, 6) is 0. The van der Waals surface area contributed by atoms with Crippen LogP contribution in [0.5, 0.6) is 0 Å². The first-order valence-corrected chi connectivity index (χ1v) is 6.79. The Balaban J connectivity index is 1.76. The van der Waals surface area contributed by atoms with Gasteiger partial charge in [-0.1, -0.05) is 19.8 Å². The molecule has 0 aromatic heterocycles. The normalized spacial score (nSPS) is 28.4. The van der Waals surface area contributed by atoms with Crippen LogP contribution in [0.2, 0.25) is 0 Å². The highest BCUT2D eigenvalue weighted by atomic mass is 15.3. The van der Waals surface area contributed by atoms with Crippen molar-refractivity contribution in [2.75, 3.05) is 26.2 Å². The van der Waals surface area contributed by atoms with Gasteiger partial charge in [-0.3, -0.25) is 9.80 Å². The molecule has 15 heavy (non-hydrogen) atoms. The van der Waals surface area contributed by atoms with Crippen LogP contribution >= 0.6 is 0 Å². The van der Waals surface area contributed by atoms with Gasteiger partial charge in [-0.25, -0.2) is 0 Å². The van der Waals surface area contributed by atoms with Crippen molar-refractivity contribution in [3.8, 4) is 0 Å². The molecule has 1 heterocycles. The summed E-state index contributed by atoms with van der Waals surface area (Å²) in [6.07, 6.45) is 7.16. The highest BCUT2D eigenvalue weighted by molar-refractivity contribution is 4.83. The fourth-order valence-corrected chi connectivity index (χ4v) is 3.07. The molecular formula is C13H26N2. The van der Waals surface area contributed by atoms with Crippen molar-refractivity contribution in [1.82, 2.24) is 9.80 Å². The topological polar surface area (TPSA) is 6.48 Å². The summed E-state index contributed by atoms with van der Waals surface area (Å²) < 4.78 is 0. The zero-order valence-electron chi connectivity index (χ0n) is 10.4. The van der Waals surface area contributed by atoms with Gasteiger partial charge in [0.15, 0.2) is 0 Å². The van der Waals surface area contributed by atoms with Crippen molar-refractivity contribution in [2.45, 2.75) is 58.0 Å². The summed E-state index contributed by atoms with van der Waals surface area (Å²) in [4.78, 5) is 5.40. The van der Waals surface area contributed by atoms with E-state index in [1.165, 1.54) is 58.3 Å². The molecule has 2 heteroatoms. The number of hydrogen-bond donors (Lipinski definition) is 0. The lowest BCUT2D eigenvalue weighted by molar-refractivity contribution is 0.0741. The summed E-state index contributed by atoms with van der Waals surface area (Å²) in [5, 5.41) is 0. The average Bonchev–Trinajstić information content (AvgIpc) is 2.82. The molecule has 2 aliphatic rings. The Hall–Kier alpha value is -0.0800. The lowest BCUT2D eigenvalue weighted by Crippen LogP contribution is -2.51. The predicted octanol–water partition coefficient (Wildman–Crippen LogP) is 2.35. The molecule has 1 aliphatic heterocycles. The molecule has 0 N–H and O–H groups in total. The van der Waals surface area contributed by atoms with Gasteiger partial charge in [-0.15, -0.1) is 0 Å². The van der Waals surface area contributed by atoms with E-state index in [1.807, 2.05) is 0 Å². The second-order valence-corrected chi connectivity index (χ2v) is 5.27. The van der Waals surface area contributed by atoms with Crippen molar-refractivity contribution in [1.29, 1.82) is 0 Å². The molecule has 0 amide bonds. The third-order valence-electron chi connectivity index (χ3n) is 4.40. The van der Waals surface area contributed by atoms with Gasteiger partial charge in [0, 0.05) is 38.3 Å². The van der Waals surface area contributed by atoms with Crippen molar-refractivity contribution >= 4 is 0 Å². The molecule has 88 valence electrons. The highest BCUT2D eigenvalue weighted by Crippen LogP contribution is 2.24. The lowest BCUT2D eigenvalue weighted by Gasteiger charge is -2.40. The van der Waals surface area contributed by atoms with Crippen molar-refractivity contribution in [3.05, 3.63) is 0 Å². The summed E-state index contributed by atoms with van der Waals surface area (Å²) in [5.41, 5.74) is 0. The third kappa shape index (κ3) is 2.73. The van der Waals surface area contributed by atoms with E-state index in [4.69, 9.17) is 0 Å². The van der Waals surface area contributed by atoms with Gasteiger partial charge in [0.1, 0.15) is 0 Å². The van der Waals surface area contributed by atoms with Crippen LogP contribution in [-0.4, -0.2) is 48.1 Å². The maximum atomic E-state index is 2.74. The summed E-state index contributed by atoms with van der Waals surface area (Å²) in [7, 11) is 0. The zero-order chi connectivity index (χ0) is 10.7. The largest absolute Gasteiger partial charge is 0.298 e. The Morgan fingerprint density at radius 1 is 1.07 bits per heavy atom. The fraction of sp³-hybridized carbons (Fsp3) is 1.00. The van der Waals surface area contributed by atoms with Gasteiger partial charge in [-0.05, 0) is 26.2 Å². The van der Waals surface area contributed by atoms with Crippen molar-refractivity contribution < 1.29 is 0 Å². The first-order valence-electron chi connectivity index (χ1n) is 6.79. The van der Waals surface area contributed by atoms with Gasteiger partial charge < -0.3 is 0 Å². The molecule has 1 unspecified atom stereocenters. The smallest absolute Gasteiger partial charge is 0.0113 e. The summed E-state index contributed by atoms with van der Waals surface area (Å²) in [6.45, 7) is 9.89. The first-order chi connectivity index (χ1) is 7.31. The number of hydrogen-bond acceptors (Lipinski definition) is 2. The van der Waals surface area contributed by atoms with E-state index in [2.05, 4.69) is 23.6 Å². The van der Waals surface area contributed by atoms with E-state index in [1.54, 1.807) is 0 Å². The van der Waals surface area contributed by atoms with Crippen LogP contribution in [0.3, 0.4) is 0 Å². The zero-order valence-corrected chi connectivity index (χ0v) is 10.4. The molecule has 0 aromatic rings. The van der Waals surface area contributed by atoms with E-state index in [0.29, 0.717) is 0 Å². The van der Waals surface area contributed by atoms with Gasteiger partial charge >= 0.3 is 0 Å². The van der Waals surface area contributed by atoms with Gasteiger partial charge in [0.25, 0.3) is 0 Å². The minimum Gasteiger partial charge on any atom is -0.298 e. The minimum absolute atomic E-state index is 0.788. The highest BCUT2D eigenvalue weighted by Gasteiger charge is 2.26. The molecule has 0 aromatic carbocycles. The average molecular weight is 210 g/mol. The third-order valence-corrected chi connectivity index (χ3v) is 4.40. The summed E-state index contributed by atoms with van der Waals surface area (Å²) >= 11 is 0. The number of rotatable bonds is 3. The molecule has 1 aliphatic carbocycles. The molecule has 0 spiro atoms.